The molecule has 2 N–H and O–H groups in total. The highest BCUT2D eigenvalue weighted by Gasteiger charge is 2.20. The molecule has 0 fully saturated rings. The Hall–Kier alpha value is -1.75. The van der Waals surface area contributed by atoms with Gasteiger partial charge in [0.2, 0.25) is 0 Å². The quantitative estimate of drug-likeness (QED) is 0.873. The lowest BCUT2D eigenvalue weighted by atomic mass is 9.96. The molecule has 116 valence electrons. The zero-order valence-electron chi connectivity index (χ0n) is 12.4. The highest BCUT2D eigenvalue weighted by molar-refractivity contribution is 6.30. The third-order valence-electron chi connectivity index (χ3n) is 2.63. The largest absolute Gasteiger partial charge is 0.481 e. The minimum Gasteiger partial charge on any atom is -0.481 e. The summed E-state index contributed by atoms with van der Waals surface area (Å²) >= 11 is 5.92. The van der Waals surface area contributed by atoms with Crippen LogP contribution in [0.15, 0.2) is 24.3 Å². The van der Waals surface area contributed by atoms with Crippen molar-refractivity contribution in [3.05, 3.63) is 34.9 Å². The lowest BCUT2D eigenvalue weighted by Gasteiger charge is -2.21. The van der Waals surface area contributed by atoms with E-state index in [1.807, 2.05) is 0 Å². The van der Waals surface area contributed by atoms with Crippen molar-refractivity contribution >= 4 is 23.7 Å². The number of hydrogen-bond donors (Lipinski definition) is 2. The number of halogens is 1. The Morgan fingerprint density at radius 2 is 2.05 bits per heavy atom. The van der Waals surface area contributed by atoms with Gasteiger partial charge in [-0.15, -0.1) is 0 Å². The number of hydrogen-bond acceptors (Lipinski definition) is 3. The van der Waals surface area contributed by atoms with E-state index in [2.05, 4.69) is 5.32 Å². The van der Waals surface area contributed by atoms with E-state index in [1.54, 1.807) is 45.0 Å². The summed E-state index contributed by atoms with van der Waals surface area (Å²) < 4.78 is 5.13. The molecule has 0 aliphatic heterocycles. The lowest BCUT2D eigenvalue weighted by molar-refractivity contribution is -0.137. The zero-order valence-corrected chi connectivity index (χ0v) is 13.1. The van der Waals surface area contributed by atoms with Gasteiger partial charge in [0.1, 0.15) is 5.60 Å². The minimum atomic E-state index is -0.939. The molecule has 1 rings (SSSR count). The van der Waals surface area contributed by atoms with E-state index >= 15 is 0 Å². The maximum atomic E-state index is 11.6. The summed E-state index contributed by atoms with van der Waals surface area (Å²) in [6, 6.07) is 6.95. The summed E-state index contributed by atoms with van der Waals surface area (Å²) in [5.74, 6) is -1.31. The first-order valence-corrected chi connectivity index (χ1v) is 6.99. The van der Waals surface area contributed by atoms with Crippen LogP contribution in [0.2, 0.25) is 5.02 Å². The number of benzene rings is 1. The van der Waals surface area contributed by atoms with Gasteiger partial charge in [-0.2, -0.15) is 0 Å². The first kappa shape index (κ1) is 17.3. The van der Waals surface area contributed by atoms with E-state index < -0.39 is 17.7 Å². The number of alkyl carbamates (subject to hydrolysis) is 1. The molecule has 1 amide bonds. The number of carboxylic acid groups (broad SMARTS) is 1. The summed E-state index contributed by atoms with van der Waals surface area (Å²) in [6.45, 7) is 5.45. The Morgan fingerprint density at radius 1 is 1.38 bits per heavy atom. The molecule has 0 aliphatic rings. The van der Waals surface area contributed by atoms with Gasteiger partial charge in [0.05, 0.1) is 6.42 Å². The zero-order chi connectivity index (χ0) is 16.0. The van der Waals surface area contributed by atoms with Gasteiger partial charge in [-0.05, 0) is 38.5 Å². The van der Waals surface area contributed by atoms with E-state index in [0.717, 1.165) is 5.56 Å². The maximum absolute atomic E-state index is 11.6. The smallest absolute Gasteiger partial charge is 0.407 e. The van der Waals surface area contributed by atoms with Crippen molar-refractivity contribution in [2.24, 2.45) is 0 Å². The number of nitrogens with one attached hydrogen (secondary N) is 1. The molecule has 0 aromatic heterocycles. The van der Waals surface area contributed by atoms with Gasteiger partial charge in [-0.1, -0.05) is 23.7 Å². The highest BCUT2D eigenvalue weighted by atomic mass is 35.5. The minimum absolute atomic E-state index is 0.101. The van der Waals surface area contributed by atoms with Crippen LogP contribution in [0.3, 0.4) is 0 Å². The molecule has 0 bridgehead atoms. The Balaban J connectivity index is 2.71. The fraction of sp³-hybridized carbons (Fsp3) is 0.467. The van der Waals surface area contributed by atoms with Crippen molar-refractivity contribution in [3.8, 4) is 0 Å². The van der Waals surface area contributed by atoms with Crippen molar-refractivity contribution < 1.29 is 19.4 Å². The molecule has 0 radical (unpaired) electrons. The van der Waals surface area contributed by atoms with Gasteiger partial charge < -0.3 is 15.2 Å². The number of rotatable bonds is 5. The number of carbonyl (C=O) groups excluding carboxylic acids is 1. The van der Waals surface area contributed by atoms with Crippen LogP contribution in [0.5, 0.6) is 0 Å². The Bertz CT molecular complexity index is 511. The molecule has 6 heteroatoms. The van der Waals surface area contributed by atoms with E-state index in [0.29, 0.717) is 5.02 Å². The van der Waals surface area contributed by atoms with Gasteiger partial charge >= 0.3 is 12.1 Å². The Morgan fingerprint density at radius 3 is 2.57 bits per heavy atom. The summed E-state index contributed by atoms with van der Waals surface area (Å²) in [4.78, 5) is 22.6. The van der Waals surface area contributed by atoms with Gasteiger partial charge in [0.25, 0.3) is 0 Å². The van der Waals surface area contributed by atoms with Crippen molar-refractivity contribution in [1.82, 2.24) is 5.32 Å². The lowest BCUT2D eigenvalue weighted by Crippen LogP contribution is -2.35. The summed E-state index contributed by atoms with van der Waals surface area (Å²) in [7, 11) is 0. The molecule has 0 aliphatic carbocycles. The van der Waals surface area contributed by atoms with Crippen LogP contribution < -0.4 is 5.32 Å². The molecular weight excluding hydrogens is 294 g/mol. The van der Waals surface area contributed by atoms with E-state index in [9.17, 15) is 9.59 Å². The average molecular weight is 314 g/mol. The second kappa shape index (κ2) is 7.31. The van der Waals surface area contributed by atoms with Crippen LogP contribution in [-0.4, -0.2) is 29.3 Å². The molecule has 0 saturated heterocycles. The molecular formula is C15H20ClNO4. The predicted octanol–water partition coefficient (Wildman–Crippen LogP) is 3.42. The van der Waals surface area contributed by atoms with Gasteiger partial charge in [-0.25, -0.2) is 4.79 Å². The number of carboxylic acids is 1. The van der Waals surface area contributed by atoms with Crippen molar-refractivity contribution in [3.63, 3.8) is 0 Å². The first-order chi connectivity index (χ1) is 9.67. The standard InChI is InChI=1S/C15H20ClNO4/c1-15(2,3)21-14(20)17-9-11(8-13(18)19)10-5-4-6-12(16)7-10/h4-7,11H,8-9H2,1-3H3,(H,17,20)(H,18,19). The fourth-order valence-electron chi connectivity index (χ4n) is 1.80. The van der Waals surface area contributed by atoms with Crippen LogP contribution in [-0.2, 0) is 9.53 Å². The van der Waals surface area contributed by atoms with Crippen molar-refractivity contribution in [2.45, 2.75) is 38.7 Å². The molecule has 1 aromatic carbocycles. The predicted molar refractivity (Wildman–Crippen MR) is 80.7 cm³/mol. The first-order valence-electron chi connectivity index (χ1n) is 6.61. The summed E-state index contributed by atoms with van der Waals surface area (Å²) in [6.07, 6.45) is -0.671. The SMILES string of the molecule is CC(C)(C)OC(=O)NCC(CC(=O)O)c1cccc(Cl)c1. The Kier molecular flexibility index (Phi) is 6.03. The maximum Gasteiger partial charge on any atom is 0.407 e. The molecule has 1 atom stereocenters. The van der Waals surface area contributed by atoms with Crippen LogP contribution in [0, 0.1) is 0 Å². The average Bonchev–Trinajstić information content (AvgIpc) is 2.31. The van der Waals surface area contributed by atoms with Gasteiger partial charge in [-0.3, -0.25) is 4.79 Å². The number of amides is 1. The Labute approximate surface area is 129 Å². The molecule has 5 nitrogen and oxygen atoms in total. The van der Waals surface area contributed by atoms with Crippen LogP contribution in [0.4, 0.5) is 4.79 Å². The highest BCUT2D eigenvalue weighted by Crippen LogP contribution is 2.22. The van der Waals surface area contributed by atoms with E-state index in [-0.39, 0.29) is 18.9 Å². The van der Waals surface area contributed by atoms with Crippen LogP contribution in [0.1, 0.15) is 38.7 Å². The topological polar surface area (TPSA) is 75.6 Å². The van der Waals surface area contributed by atoms with E-state index in [4.69, 9.17) is 21.4 Å². The molecule has 0 heterocycles. The van der Waals surface area contributed by atoms with Crippen molar-refractivity contribution in [2.75, 3.05) is 6.54 Å². The fourth-order valence-corrected chi connectivity index (χ4v) is 2.00. The van der Waals surface area contributed by atoms with Crippen LogP contribution >= 0.6 is 11.6 Å². The second-order valence-corrected chi connectivity index (χ2v) is 6.17. The number of ether oxygens (including phenoxy) is 1. The van der Waals surface area contributed by atoms with Gasteiger partial charge in [0.15, 0.2) is 0 Å². The molecule has 0 spiro atoms. The molecule has 1 aromatic rings. The number of carbonyl (C=O) groups is 2. The molecule has 1 unspecified atom stereocenters. The summed E-state index contributed by atoms with van der Waals surface area (Å²) in [5, 5.41) is 12.1. The summed E-state index contributed by atoms with van der Waals surface area (Å²) in [5.41, 5.74) is 0.170. The third kappa shape index (κ3) is 6.99. The monoisotopic (exact) mass is 313 g/mol. The molecule has 0 saturated carbocycles. The van der Waals surface area contributed by atoms with Gasteiger partial charge in [0, 0.05) is 17.5 Å². The van der Waals surface area contributed by atoms with Crippen molar-refractivity contribution in [1.29, 1.82) is 0 Å². The second-order valence-electron chi connectivity index (χ2n) is 5.73. The number of aliphatic carboxylic acids is 1. The van der Waals surface area contributed by atoms with Crippen LogP contribution in [0.25, 0.3) is 0 Å². The van der Waals surface area contributed by atoms with E-state index in [1.165, 1.54) is 0 Å². The third-order valence-corrected chi connectivity index (χ3v) is 2.87. The normalized spacial score (nSPS) is 12.6. The molecule has 21 heavy (non-hydrogen) atoms.